The lowest BCUT2D eigenvalue weighted by atomic mass is 10.2. The van der Waals surface area contributed by atoms with Crippen LogP contribution in [0.4, 0.5) is 0 Å². The lowest BCUT2D eigenvalue weighted by molar-refractivity contribution is 0.339. The average Bonchev–Trinajstić information content (AvgIpc) is 2.72. The largest absolute Gasteiger partial charge is 0.326 e. The van der Waals surface area contributed by atoms with E-state index in [4.69, 9.17) is 5.73 Å². The zero-order valence-corrected chi connectivity index (χ0v) is 8.69. The van der Waals surface area contributed by atoms with E-state index in [1.165, 1.54) is 5.56 Å². The highest BCUT2D eigenvalue weighted by molar-refractivity contribution is 5.04. The molecule has 1 aliphatic rings. The SMILES string of the molecule is Cn1cc(CCN2CC[C@H](N)C2)cn1. The Hall–Kier alpha value is -0.870. The molecule has 1 saturated heterocycles. The predicted octanol–water partition coefficient (Wildman–Crippen LogP) is -0.00440. The van der Waals surface area contributed by atoms with Gasteiger partial charge in [0.25, 0.3) is 0 Å². The van der Waals surface area contributed by atoms with Crippen molar-refractivity contribution in [1.29, 1.82) is 0 Å². The Kier molecular flexibility index (Phi) is 2.84. The number of likely N-dealkylation sites (tertiary alicyclic amines) is 1. The predicted molar refractivity (Wildman–Crippen MR) is 55.9 cm³/mol. The first kappa shape index (κ1) is 9.68. The van der Waals surface area contributed by atoms with Gasteiger partial charge in [0.2, 0.25) is 0 Å². The maximum atomic E-state index is 5.84. The van der Waals surface area contributed by atoms with Crippen LogP contribution in [-0.2, 0) is 13.5 Å². The van der Waals surface area contributed by atoms with Crippen LogP contribution in [0.25, 0.3) is 0 Å². The van der Waals surface area contributed by atoms with Crippen LogP contribution in [0.1, 0.15) is 12.0 Å². The molecule has 0 saturated carbocycles. The van der Waals surface area contributed by atoms with Gasteiger partial charge in [-0.2, -0.15) is 5.10 Å². The van der Waals surface area contributed by atoms with Gasteiger partial charge in [0.1, 0.15) is 0 Å². The van der Waals surface area contributed by atoms with Crippen molar-refractivity contribution in [3.63, 3.8) is 0 Å². The first-order valence-corrected chi connectivity index (χ1v) is 5.19. The number of rotatable bonds is 3. The summed E-state index contributed by atoms with van der Waals surface area (Å²) in [5.74, 6) is 0. The van der Waals surface area contributed by atoms with Gasteiger partial charge >= 0.3 is 0 Å². The molecular formula is C10H18N4. The van der Waals surface area contributed by atoms with Crippen LogP contribution in [0, 0.1) is 0 Å². The van der Waals surface area contributed by atoms with Gasteiger partial charge in [-0.05, 0) is 24.9 Å². The highest BCUT2D eigenvalue weighted by Crippen LogP contribution is 2.08. The summed E-state index contributed by atoms with van der Waals surface area (Å²) in [6.45, 7) is 3.32. The van der Waals surface area contributed by atoms with E-state index in [0.717, 1.165) is 32.5 Å². The number of hydrogen-bond acceptors (Lipinski definition) is 3. The van der Waals surface area contributed by atoms with Crippen molar-refractivity contribution in [2.75, 3.05) is 19.6 Å². The van der Waals surface area contributed by atoms with Crippen LogP contribution in [0.15, 0.2) is 12.4 Å². The number of hydrogen-bond donors (Lipinski definition) is 1. The van der Waals surface area contributed by atoms with Crippen LogP contribution >= 0.6 is 0 Å². The molecule has 2 N–H and O–H groups in total. The molecular weight excluding hydrogens is 176 g/mol. The zero-order chi connectivity index (χ0) is 9.97. The smallest absolute Gasteiger partial charge is 0.0522 e. The maximum Gasteiger partial charge on any atom is 0.0522 e. The van der Waals surface area contributed by atoms with Gasteiger partial charge in [-0.1, -0.05) is 0 Å². The summed E-state index contributed by atoms with van der Waals surface area (Å²) in [4.78, 5) is 2.43. The molecule has 1 fully saturated rings. The van der Waals surface area contributed by atoms with Crippen LogP contribution < -0.4 is 5.73 Å². The van der Waals surface area contributed by atoms with E-state index in [0.29, 0.717) is 6.04 Å². The Morgan fingerprint density at radius 3 is 3.07 bits per heavy atom. The Balaban J connectivity index is 1.77. The Morgan fingerprint density at radius 1 is 1.64 bits per heavy atom. The quantitative estimate of drug-likeness (QED) is 0.736. The fourth-order valence-electron chi connectivity index (χ4n) is 1.95. The summed E-state index contributed by atoms with van der Waals surface area (Å²) in [7, 11) is 1.95. The zero-order valence-electron chi connectivity index (χ0n) is 8.69. The minimum absolute atomic E-state index is 0.392. The molecule has 1 aromatic heterocycles. The van der Waals surface area contributed by atoms with Gasteiger partial charge < -0.3 is 10.6 Å². The molecule has 0 bridgehead atoms. The second-order valence-electron chi connectivity index (χ2n) is 4.12. The Bertz CT molecular complexity index is 294. The lowest BCUT2D eigenvalue weighted by Gasteiger charge is -2.13. The van der Waals surface area contributed by atoms with Crippen LogP contribution in [-0.4, -0.2) is 40.4 Å². The number of nitrogens with two attached hydrogens (primary N) is 1. The number of aromatic nitrogens is 2. The van der Waals surface area contributed by atoms with Crippen LogP contribution in [0.5, 0.6) is 0 Å². The van der Waals surface area contributed by atoms with Gasteiger partial charge in [0.05, 0.1) is 6.20 Å². The van der Waals surface area contributed by atoms with Crippen molar-refractivity contribution in [3.8, 4) is 0 Å². The minimum Gasteiger partial charge on any atom is -0.326 e. The molecule has 0 radical (unpaired) electrons. The van der Waals surface area contributed by atoms with E-state index in [-0.39, 0.29) is 0 Å². The molecule has 0 aliphatic carbocycles. The molecule has 0 unspecified atom stereocenters. The van der Waals surface area contributed by atoms with Crippen molar-refractivity contribution in [1.82, 2.24) is 14.7 Å². The summed E-state index contributed by atoms with van der Waals surface area (Å²) in [6, 6.07) is 0.392. The van der Waals surface area contributed by atoms with E-state index >= 15 is 0 Å². The van der Waals surface area contributed by atoms with Gasteiger partial charge in [-0.15, -0.1) is 0 Å². The molecule has 4 heteroatoms. The third-order valence-corrected chi connectivity index (χ3v) is 2.78. The fraction of sp³-hybridized carbons (Fsp3) is 0.700. The molecule has 2 heterocycles. The molecule has 0 aromatic carbocycles. The topological polar surface area (TPSA) is 47.1 Å². The van der Waals surface area contributed by atoms with Crippen LogP contribution in [0.2, 0.25) is 0 Å². The molecule has 14 heavy (non-hydrogen) atoms. The number of aryl methyl sites for hydroxylation is 1. The molecule has 1 aromatic rings. The van der Waals surface area contributed by atoms with Gasteiger partial charge in [-0.3, -0.25) is 4.68 Å². The molecule has 4 nitrogen and oxygen atoms in total. The third kappa shape index (κ3) is 2.33. The van der Waals surface area contributed by atoms with Crippen molar-refractivity contribution in [2.24, 2.45) is 12.8 Å². The normalized spacial score (nSPS) is 23.1. The Morgan fingerprint density at radius 2 is 2.50 bits per heavy atom. The summed E-state index contributed by atoms with van der Waals surface area (Å²) in [6.07, 6.45) is 6.25. The highest BCUT2D eigenvalue weighted by atomic mass is 15.2. The van der Waals surface area contributed by atoms with E-state index < -0.39 is 0 Å². The first-order valence-electron chi connectivity index (χ1n) is 5.19. The first-order chi connectivity index (χ1) is 6.74. The average molecular weight is 194 g/mol. The van der Waals surface area contributed by atoms with E-state index in [9.17, 15) is 0 Å². The van der Waals surface area contributed by atoms with Gasteiger partial charge in [-0.25, -0.2) is 0 Å². The molecule has 2 rings (SSSR count). The Labute approximate surface area is 84.7 Å². The van der Waals surface area contributed by atoms with Crippen molar-refractivity contribution >= 4 is 0 Å². The van der Waals surface area contributed by atoms with E-state index in [2.05, 4.69) is 16.2 Å². The molecule has 0 amide bonds. The fourth-order valence-corrected chi connectivity index (χ4v) is 1.95. The summed E-state index contributed by atoms with van der Waals surface area (Å²) < 4.78 is 1.85. The van der Waals surface area contributed by atoms with Crippen molar-refractivity contribution in [3.05, 3.63) is 18.0 Å². The maximum absolute atomic E-state index is 5.84. The minimum atomic E-state index is 0.392. The molecule has 0 spiro atoms. The van der Waals surface area contributed by atoms with Gasteiger partial charge in [0.15, 0.2) is 0 Å². The summed E-state index contributed by atoms with van der Waals surface area (Å²) >= 11 is 0. The van der Waals surface area contributed by atoms with E-state index in [1.54, 1.807) is 0 Å². The van der Waals surface area contributed by atoms with Gasteiger partial charge in [0, 0.05) is 32.4 Å². The van der Waals surface area contributed by atoms with Crippen molar-refractivity contribution < 1.29 is 0 Å². The van der Waals surface area contributed by atoms with Crippen LogP contribution in [0.3, 0.4) is 0 Å². The van der Waals surface area contributed by atoms with Crippen molar-refractivity contribution in [2.45, 2.75) is 18.9 Å². The standard InChI is InChI=1S/C10H18N4/c1-13-7-9(6-12-13)2-4-14-5-3-10(11)8-14/h6-7,10H,2-5,8,11H2,1H3/t10-/m0/s1. The lowest BCUT2D eigenvalue weighted by Crippen LogP contribution is -2.28. The second kappa shape index (κ2) is 4.11. The second-order valence-corrected chi connectivity index (χ2v) is 4.12. The van der Waals surface area contributed by atoms with E-state index in [1.807, 2.05) is 17.9 Å². The summed E-state index contributed by atoms with van der Waals surface area (Å²) in [5.41, 5.74) is 7.15. The molecule has 1 atom stereocenters. The summed E-state index contributed by atoms with van der Waals surface area (Å²) in [5, 5.41) is 4.15. The number of nitrogens with zero attached hydrogens (tertiary/aromatic N) is 3. The highest BCUT2D eigenvalue weighted by Gasteiger charge is 2.18. The monoisotopic (exact) mass is 194 g/mol. The molecule has 1 aliphatic heterocycles. The third-order valence-electron chi connectivity index (χ3n) is 2.78. The molecule has 78 valence electrons.